The van der Waals surface area contributed by atoms with Crippen LogP contribution in [0.4, 0.5) is 5.69 Å². The molecule has 3 amide bonds. The van der Waals surface area contributed by atoms with Gasteiger partial charge in [0.05, 0.1) is 0 Å². The van der Waals surface area contributed by atoms with Crippen molar-refractivity contribution in [1.29, 1.82) is 0 Å². The van der Waals surface area contributed by atoms with E-state index in [1.54, 1.807) is 36.4 Å². The topological polar surface area (TPSA) is 79.0 Å². The predicted molar refractivity (Wildman–Crippen MR) is 141 cm³/mol. The maximum Gasteiger partial charge on any atom is 0.260 e. The first kappa shape index (κ1) is 25.7. The summed E-state index contributed by atoms with van der Waals surface area (Å²) < 4.78 is 5.87. The Morgan fingerprint density at radius 3 is 1.86 bits per heavy atom. The highest BCUT2D eigenvalue weighted by atomic mass is 16.5. The van der Waals surface area contributed by atoms with Gasteiger partial charge in [0.1, 0.15) is 5.75 Å². The number of benzene rings is 2. The lowest BCUT2D eigenvalue weighted by Crippen LogP contribution is -2.38. The number of nitrogens with zero attached hydrogens (tertiary/aromatic N) is 2. The number of ether oxygens (including phenoxy) is 1. The van der Waals surface area contributed by atoms with Gasteiger partial charge in [-0.3, -0.25) is 14.4 Å². The molecule has 0 unspecified atom stereocenters. The minimum absolute atomic E-state index is 0.00749. The quantitative estimate of drug-likeness (QED) is 0.619. The molecule has 0 radical (unpaired) electrons. The molecule has 0 spiro atoms. The van der Waals surface area contributed by atoms with E-state index in [0.29, 0.717) is 22.6 Å². The van der Waals surface area contributed by atoms with E-state index in [2.05, 4.69) is 5.32 Å². The Labute approximate surface area is 213 Å². The summed E-state index contributed by atoms with van der Waals surface area (Å²) in [6.45, 7) is 6.99. The fourth-order valence-electron chi connectivity index (χ4n) is 5.03. The second-order valence-electron chi connectivity index (χ2n) is 9.91. The lowest BCUT2D eigenvalue weighted by atomic mass is 10.0. The predicted octanol–water partition coefficient (Wildman–Crippen LogP) is 4.96. The van der Waals surface area contributed by atoms with E-state index in [-0.39, 0.29) is 24.3 Å². The van der Waals surface area contributed by atoms with Crippen LogP contribution in [0.15, 0.2) is 36.4 Å². The first-order valence-corrected chi connectivity index (χ1v) is 13.1. The molecule has 0 aromatic heterocycles. The molecule has 2 aromatic carbocycles. The third-order valence-electron chi connectivity index (χ3n) is 7.05. The molecule has 2 heterocycles. The second-order valence-corrected chi connectivity index (χ2v) is 9.91. The summed E-state index contributed by atoms with van der Waals surface area (Å²) in [5.41, 5.74) is 3.41. The normalized spacial score (nSPS) is 16.3. The average Bonchev–Trinajstić information content (AvgIpc) is 3.18. The van der Waals surface area contributed by atoms with Crippen LogP contribution in [-0.2, 0) is 4.79 Å². The largest absolute Gasteiger partial charge is 0.483 e. The van der Waals surface area contributed by atoms with Crippen LogP contribution in [0.25, 0.3) is 0 Å². The summed E-state index contributed by atoms with van der Waals surface area (Å²) in [5.74, 6) is 0.473. The van der Waals surface area contributed by atoms with Gasteiger partial charge in [-0.15, -0.1) is 0 Å². The van der Waals surface area contributed by atoms with E-state index in [1.165, 1.54) is 19.3 Å². The van der Waals surface area contributed by atoms with Gasteiger partial charge in [-0.05, 0) is 93.5 Å². The van der Waals surface area contributed by atoms with Crippen LogP contribution >= 0.6 is 0 Å². The second kappa shape index (κ2) is 12.1. The van der Waals surface area contributed by atoms with Crippen molar-refractivity contribution in [2.24, 2.45) is 0 Å². The molecule has 1 N–H and O–H groups in total. The van der Waals surface area contributed by atoms with E-state index < -0.39 is 0 Å². The van der Waals surface area contributed by atoms with E-state index in [1.807, 2.05) is 23.6 Å². The summed E-state index contributed by atoms with van der Waals surface area (Å²) in [7, 11) is 0. The number of hydrogen-bond donors (Lipinski definition) is 1. The van der Waals surface area contributed by atoms with Gasteiger partial charge >= 0.3 is 0 Å². The third kappa shape index (κ3) is 6.45. The van der Waals surface area contributed by atoms with Crippen molar-refractivity contribution in [2.45, 2.75) is 58.8 Å². The Kier molecular flexibility index (Phi) is 8.62. The first-order chi connectivity index (χ1) is 17.4. The number of likely N-dealkylation sites (tertiary alicyclic amines) is 2. The molecule has 2 fully saturated rings. The van der Waals surface area contributed by atoms with Crippen molar-refractivity contribution in [3.8, 4) is 5.75 Å². The number of amides is 3. The monoisotopic (exact) mass is 491 g/mol. The number of nitrogens with one attached hydrogen (secondary N) is 1. The van der Waals surface area contributed by atoms with Crippen LogP contribution in [0.3, 0.4) is 0 Å². The standard InChI is InChI=1S/C29H37N3O4/c1-21-18-24(19-22(2)27(21)36-20-26(33)31-14-8-5-9-15-31)28(34)30-25-12-10-23(11-13-25)29(35)32-16-6-3-4-7-17-32/h10-13,18-19H,3-9,14-17,20H2,1-2H3,(H,30,34). The number of carbonyl (C=O) groups is 3. The highest BCUT2D eigenvalue weighted by Crippen LogP contribution is 2.26. The van der Waals surface area contributed by atoms with E-state index in [4.69, 9.17) is 4.74 Å². The molecule has 0 aliphatic carbocycles. The Morgan fingerprint density at radius 1 is 0.750 bits per heavy atom. The molecule has 2 aliphatic heterocycles. The van der Waals surface area contributed by atoms with Crippen molar-refractivity contribution in [2.75, 3.05) is 38.1 Å². The number of hydrogen-bond acceptors (Lipinski definition) is 4. The van der Waals surface area contributed by atoms with Gasteiger partial charge < -0.3 is 19.9 Å². The minimum Gasteiger partial charge on any atom is -0.483 e. The van der Waals surface area contributed by atoms with Crippen LogP contribution < -0.4 is 10.1 Å². The molecule has 2 aromatic rings. The zero-order valence-electron chi connectivity index (χ0n) is 21.5. The van der Waals surface area contributed by atoms with Crippen LogP contribution in [0.5, 0.6) is 5.75 Å². The lowest BCUT2D eigenvalue weighted by Gasteiger charge is -2.26. The molecule has 192 valence electrons. The highest BCUT2D eigenvalue weighted by molar-refractivity contribution is 6.05. The van der Waals surface area contributed by atoms with Crippen molar-refractivity contribution >= 4 is 23.4 Å². The maximum atomic E-state index is 12.9. The van der Waals surface area contributed by atoms with Gasteiger partial charge in [0.25, 0.3) is 17.7 Å². The SMILES string of the molecule is Cc1cc(C(=O)Nc2ccc(C(=O)N3CCCCCC3)cc2)cc(C)c1OCC(=O)N1CCCCC1. The highest BCUT2D eigenvalue weighted by Gasteiger charge is 2.19. The van der Waals surface area contributed by atoms with Crippen molar-refractivity contribution in [1.82, 2.24) is 9.80 Å². The molecule has 0 atom stereocenters. The number of anilines is 1. The minimum atomic E-state index is -0.233. The Hall–Kier alpha value is -3.35. The molecular formula is C29H37N3O4. The smallest absolute Gasteiger partial charge is 0.260 e. The van der Waals surface area contributed by atoms with Gasteiger partial charge in [0, 0.05) is 43.0 Å². The lowest BCUT2D eigenvalue weighted by molar-refractivity contribution is -0.134. The first-order valence-electron chi connectivity index (χ1n) is 13.1. The summed E-state index contributed by atoms with van der Waals surface area (Å²) in [6.07, 6.45) is 7.73. The third-order valence-corrected chi connectivity index (χ3v) is 7.05. The molecule has 7 heteroatoms. The number of rotatable bonds is 6. The molecule has 36 heavy (non-hydrogen) atoms. The van der Waals surface area contributed by atoms with Gasteiger partial charge in [-0.25, -0.2) is 0 Å². The molecule has 0 bridgehead atoms. The van der Waals surface area contributed by atoms with E-state index in [0.717, 1.165) is 63.0 Å². The fourth-order valence-corrected chi connectivity index (χ4v) is 5.03. The molecule has 7 nitrogen and oxygen atoms in total. The molecule has 2 aliphatic rings. The van der Waals surface area contributed by atoms with Crippen molar-refractivity contribution in [3.05, 3.63) is 58.7 Å². The van der Waals surface area contributed by atoms with E-state index in [9.17, 15) is 14.4 Å². The summed E-state index contributed by atoms with van der Waals surface area (Å²) >= 11 is 0. The zero-order chi connectivity index (χ0) is 25.5. The summed E-state index contributed by atoms with van der Waals surface area (Å²) in [6, 6.07) is 10.6. The zero-order valence-corrected chi connectivity index (χ0v) is 21.5. The van der Waals surface area contributed by atoms with Gasteiger partial charge in [0.2, 0.25) is 0 Å². The summed E-state index contributed by atoms with van der Waals surface area (Å²) in [4.78, 5) is 42.0. The number of piperidine rings is 1. The van der Waals surface area contributed by atoms with Crippen LogP contribution in [0.1, 0.15) is 76.8 Å². The van der Waals surface area contributed by atoms with Crippen LogP contribution in [-0.4, -0.2) is 60.3 Å². The Balaban J connectivity index is 1.35. The Bertz CT molecular complexity index is 1060. The number of carbonyl (C=O) groups excluding carboxylic acids is 3. The van der Waals surface area contributed by atoms with Crippen LogP contribution in [0, 0.1) is 13.8 Å². The van der Waals surface area contributed by atoms with Gasteiger partial charge in [0.15, 0.2) is 6.61 Å². The Morgan fingerprint density at radius 2 is 1.28 bits per heavy atom. The van der Waals surface area contributed by atoms with Gasteiger partial charge in [-0.2, -0.15) is 0 Å². The van der Waals surface area contributed by atoms with E-state index >= 15 is 0 Å². The van der Waals surface area contributed by atoms with Crippen molar-refractivity contribution in [3.63, 3.8) is 0 Å². The molecule has 4 rings (SSSR count). The molecule has 0 saturated carbocycles. The average molecular weight is 492 g/mol. The molecular weight excluding hydrogens is 454 g/mol. The maximum absolute atomic E-state index is 12.9. The van der Waals surface area contributed by atoms with Crippen LogP contribution in [0.2, 0.25) is 0 Å². The molecule has 2 saturated heterocycles. The van der Waals surface area contributed by atoms with Crippen molar-refractivity contribution < 1.29 is 19.1 Å². The summed E-state index contributed by atoms with van der Waals surface area (Å²) in [5, 5.41) is 2.92. The van der Waals surface area contributed by atoms with Gasteiger partial charge in [-0.1, -0.05) is 12.8 Å². The fraction of sp³-hybridized carbons (Fsp3) is 0.483. The number of aryl methyl sites for hydroxylation is 2.